The Kier molecular flexibility index (Phi) is 6.06. The van der Waals surface area contributed by atoms with Crippen molar-refractivity contribution in [2.45, 2.75) is 34.6 Å². The van der Waals surface area contributed by atoms with Gasteiger partial charge in [0.05, 0.1) is 18.5 Å². The van der Waals surface area contributed by atoms with Crippen LogP contribution in [0, 0.1) is 0 Å². The smallest absolute Gasteiger partial charge is 0.305 e. The first-order valence-corrected chi connectivity index (χ1v) is 6.31. The van der Waals surface area contributed by atoms with E-state index >= 15 is 0 Å². The summed E-state index contributed by atoms with van der Waals surface area (Å²) in [6.45, 7) is 9.84. The zero-order valence-corrected chi connectivity index (χ0v) is 10.5. The first kappa shape index (κ1) is 13.7. The van der Waals surface area contributed by atoms with Crippen molar-refractivity contribution in [1.82, 2.24) is 0 Å². The largest absolute Gasteiger partial charge is 0.364 e. The lowest BCUT2D eigenvalue weighted by molar-refractivity contribution is 0.226. The maximum atomic E-state index is 12.1. The molecule has 0 aliphatic carbocycles. The van der Waals surface area contributed by atoms with Crippen molar-refractivity contribution in [2.24, 2.45) is 0 Å². The topological polar surface area (TPSA) is 35.5 Å². The van der Waals surface area contributed by atoms with E-state index in [1.165, 1.54) is 0 Å². The lowest BCUT2D eigenvalue weighted by Crippen LogP contribution is -1.96. The van der Waals surface area contributed by atoms with E-state index in [1.54, 1.807) is 20.8 Å². The molecular formula is C10H19O3P. The summed E-state index contributed by atoms with van der Waals surface area (Å²) >= 11 is 0. The number of hydrogen-bond donors (Lipinski definition) is 0. The second-order valence-electron chi connectivity index (χ2n) is 3.04. The van der Waals surface area contributed by atoms with Crippen molar-refractivity contribution in [1.29, 1.82) is 0 Å². The summed E-state index contributed by atoms with van der Waals surface area (Å²) in [4.78, 5) is 0. The van der Waals surface area contributed by atoms with Crippen LogP contribution in [-0.2, 0) is 13.6 Å². The fourth-order valence-electron chi connectivity index (χ4n) is 1.00. The summed E-state index contributed by atoms with van der Waals surface area (Å²) in [6, 6.07) is 0. The Labute approximate surface area is 86.3 Å². The number of rotatable bonds is 5. The second-order valence-corrected chi connectivity index (χ2v) is 5.23. The predicted molar refractivity (Wildman–Crippen MR) is 58.4 cm³/mol. The molecule has 0 N–H and O–H groups in total. The summed E-state index contributed by atoms with van der Waals surface area (Å²) in [7, 11) is -3.08. The van der Waals surface area contributed by atoms with Gasteiger partial charge in [-0.15, -0.1) is 5.73 Å². The molecule has 0 atom stereocenters. The van der Waals surface area contributed by atoms with Crippen molar-refractivity contribution >= 4 is 7.60 Å². The first-order valence-electron chi connectivity index (χ1n) is 4.76. The van der Waals surface area contributed by atoms with E-state index in [0.717, 1.165) is 5.57 Å². The summed E-state index contributed by atoms with van der Waals surface area (Å²) in [6.07, 6.45) is 0. The highest BCUT2D eigenvalue weighted by atomic mass is 31.2. The summed E-state index contributed by atoms with van der Waals surface area (Å²) in [5, 5.41) is 0.543. The molecular weight excluding hydrogens is 199 g/mol. The molecule has 0 spiro atoms. The van der Waals surface area contributed by atoms with E-state index in [-0.39, 0.29) is 0 Å². The van der Waals surface area contributed by atoms with Crippen LogP contribution in [0.3, 0.4) is 0 Å². The Morgan fingerprint density at radius 2 is 1.57 bits per heavy atom. The molecule has 14 heavy (non-hydrogen) atoms. The van der Waals surface area contributed by atoms with E-state index in [1.807, 2.05) is 13.8 Å². The van der Waals surface area contributed by atoms with Crippen molar-refractivity contribution in [2.75, 3.05) is 13.2 Å². The van der Waals surface area contributed by atoms with Crippen molar-refractivity contribution in [3.05, 3.63) is 16.6 Å². The molecule has 0 aromatic carbocycles. The van der Waals surface area contributed by atoms with Crippen LogP contribution in [0.4, 0.5) is 0 Å². The third kappa shape index (κ3) is 4.26. The zero-order chi connectivity index (χ0) is 11.2. The molecule has 0 aromatic heterocycles. The quantitative estimate of drug-likeness (QED) is 0.521. The molecule has 0 heterocycles. The maximum absolute atomic E-state index is 12.1. The van der Waals surface area contributed by atoms with Gasteiger partial charge in [-0.1, -0.05) is 0 Å². The molecule has 0 rings (SSSR count). The van der Waals surface area contributed by atoms with E-state index in [2.05, 4.69) is 5.73 Å². The molecule has 0 radical (unpaired) electrons. The van der Waals surface area contributed by atoms with Crippen LogP contribution in [-0.4, -0.2) is 13.2 Å². The molecule has 4 heteroatoms. The molecule has 0 aliphatic heterocycles. The van der Waals surface area contributed by atoms with Crippen LogP contribution < -0.4 is 0 Å². The van der Waals surface area contributed by atoms with Gasteiger partial charge < -0.3 is 9.05 Å². The standard InChI is InChI=1S/C10H19O3P/c1-6-12-14(11,13-7-2)10(5)8-9(3)4/h6-7H2,1-5H3. The lowest BCUT2D eigenvalue weighted by atomic mass is 10.4. The second kappa shape index (κ2) is 6.21. The number of hydrogen-bond acceptors (Lipinski definition) is 3. The van der Waals surface area contributed by atoms with Gasteiger partial charge in [-0.25, -0.2) is 0 Å². The van der Waals surface area contributed by atoms with Gasteiger partial charge in [0.15, 0.2) is 0 Å². The fraction of sp³-hybridized carbons (Fsp3) is 0.700. The Morgan fingerprint density at radius 1 is 1.14 bits per heavy atom. The Hall–Kier alpha value is -0.330. The SMILES string of the molecule is CCOP(=O)(OCC)C(C)=C=C(C)C. The van der Waals surface area contributed by atoms with E-state index < -0.39 is 7.60 Å². The minimum Gasteiger partial charge on any atom is -0.305 e. The van der Waals surface area contributed by atoms with Crippen molar-refractivity contribution in [3.63, 3.8) is 0 Å². The van der Waals surface area contributed by atoms with Crippen LogP contribution in [0.25, 0.3) is 0 Å². The minimum atomic E-state index is -3.08. The van der Waals surface area contributed by atoms with Gasteiger partial charge >= 0.3 is 7.60 Å². The maximum Gasteiger partial charge on any atom is 0.364 e. The zero-order valence-electron chi connectivity index (χ0n) is 9.59. The van der Waals surface area contributed by atoms with Crippen molar-refractivity contribution in [3.8, 4) is 0 Å². The van der Waals surface area contributed by atoms with Gasteiger partial charge in [0, 0.05) is 0 Å². The molecule has 0 amide bonds. The van der Waals surface area contributed by atoms with E-state index in [4.69, 9.17) is 9.05 Å². The van der Waals surface area contributed by atoms with Crippen LogP contribution in [0.2, 0.25) is 0 Å². The molecule has 3 nitrogen and oxygen atoms in total. The van der Waals surface area contributed by atoms with Gasteiger partial charge in [0.1, 0.15) is 0 Å². The van der Waals surface area contributed by atoms with E-state index in [0.29, 0.717) is 18.5 Å². The average molecular weight is 218 g/mol. The molecule has 0 aliphatic rings. The first-order chi connectivity index (χ1) is 6.46. The Morgan fingerprint density at radius 3 is 1.86 bits per heavy atom. The highest BCUT2D eigenvalue weighted by Crippen LogP contribution is 2.55. The van der Waals surface area contributed by atoms with Crippen LogP contribution in [0.1, 0.15) is 34.6 Å². The van der Waals surface area contributed by atoms with Gasteiger partial charge in [0.2, 0.25) is 0 Å². The normalized spacial score (nSPS) is 10.9. The number of allylic oxidation sites excluding steroid dienone is 1. The summed E-state index contributed by atoms with van der Waals surface area (Å²) < 4.78 is 22.4. The summed E-state index contributed by atoms with van der Waals surface area (Å²) in [5.41, 5.74) is 3.93. The molecule has 0 saturated heterocycles. The Bertz CT molecular complexity index is 274. The monoisotopic (exact) mass is 218 g/mol. The molecule has 0 unspecified atom stereocenters. The molecule has 0 fully saturated rings. The van der Waals surface area contributed by atoms with E-state index in [9.17, 15) is 4.57 Å². The molecule has 82 valence electrons. The third-order valence-electron chi connectivity index (χ3n) is 1.44. The van der Waals surface area contributed by atoms with Gasteiger partial charge in [-0.05, 0) is 40.2 Å². The van der Waals surface area contributed by atoms with Gasteiger partial charge in [-0.2, -0.15) is 0 Å². The molecule has 0 saturated carbocycles. The van der Waals surface area contributed by atoms with Crippen molar-refractivity contribution < 1.29 is 13.6 Å². The summed E-state index contributed by atoms with van der Waals surface area (Å²) in [5.74, 6) is 0. The van der Waals surface area contributed by atoms with Crippen LogP contribution >= 0.6 is 7.60 Å². The third-order valence-corrected chi connectivity index (χ3v) is 3.57. The highest BCUT2D eigenvalue weighted by Gasteiger charge is 2.25. The van der Waals surface area contributed by atoms with Crippen LogP contribution in [0.5, 0.6) is 0 Å². The predicted octanol–water partition coefficient (Wildman–Crippen LogP) is 3.72. The van der Waals surface area contributed by atoms with Gasteiger partial charge in [0.25, 0.3) is 0 Å². The fourth-order valence-corrected chi connectivity index (χ4v) is 2.50. The van der Waals surface area contributed by atoms with Gasteiger partial charge in [-0.3, -0.25) is 4.57 Å². The minimum absolute atomic E-state index is 0.374. The molecule has 0 aromatic rings. The molecule has 0 bridgehead atoms. The lowest BCUT2D eigenvalue weighted by Gasteiger charge is -2.15. The highest BCUT2D eigenvalue weighted by molar-refractivity contribution is 7.58. The average Bonchev–Trinajstić information content (AvgIpc) is 2.03. The van der Waals surface area contributed by atoms with Crippen LogP contribution in [0.15, 0.2) is 16.6 Å². The Balaban J connectivity index is 5.02.